The van der Waals surface area contributed by atoms with Gasteiger partial charge in [0.2, 0.25) is 5.91 Å². The lowest BCUT2D eigenvalue weighted by molar-refractivity contribution is -0.126. The molecule has 2 aliphatic rings. The zero-order chi connectivity index (χ0) is 15.3. The number of unbranched alkanes of at least 4 members (excludes halogenated alkanes) is 1. The average Bonchev–Trinajstić information content (AvgIpc) is 3.18. The summed E-state index contributed by atoms with van der Waals surface area (Å²) in [6.07, 6.45) is 9.24. The maximum absolute atomic E-state index is 12.1. The summed E-state index contributed by atoms with van der Waals surface area (Å²) in [5, 5.41) is 3.61. The van der Waals surface area contributed by atoms with E-state index in [-0.39, 0.29) is 5.91 Å². The number of primary amides is 1. The normalized spacial score (nSPS) is 29.2. The van der Waals surface area contributed by atoms with Crippen LogP contribution >= 0.6 is 0 Å². The predicted molar refractivity (Wildman–Crippen MR) is 87.1 cm³/mol. The van der Waals surface area contributed by atoms with Crippen molar-refractivity contribution in [3.8, 4) is 0 Å². The average molecular weight is 295 g/mol. The molecule has 0 radical (unpaired) electrons. The van der Waals surface area contributed by atoms with E-state index in [9.17, 15) is 4.79 Å². The van der Waals surface area contributed by atoms with Gasteiger partial charge in [-0.2, -0.15) is 0 Å². The zero-order valence-corrected chi connectivity index (χ0v) is 13.9. The van der Waals surface area contributed by atoms with Crippen molar-refractivity contribution in [2.24, 2.45) is 11.7 Å². The molecule has 0 spiro atoms. The number of carbonyl (C=O) groups is 1. The van der Waals surface area contributed by atoms with E-state index >= 15 is 0 Å². The van der Waals surface area contributed by atoms with Crippen LogP contribution in [0.4, 0.5) is 0 Å². The van der Waals surface area contributed by atoms with Crippen molar-refractivity contribution in [1.82, 2.24) is 10.2 Å². The molecule has 3 N–H and O–H groups in total. The summed E-state index contributed by atoms with van der Waals surface area (Å²) in [5.41, 5.74) is 5.39. The molecule has 2 aliphatic carbocycles. The van der Waals surface area contributed by atoms with Gasteiger partial charge in [-0.25, -0.2) is 0 Å². The zero-order valence-electron chi connectivity index (χ0n) is 13.9. The molecule has 0 aliphatic heterocycles. The van der Waals surface area contributed by atoms with E-state index in [1.54, 1.807) is 0 Å². The van der Waals surface area contributed by atoms with Crippen LogP contribution in [0.2, 0.25) is 0 Å². The minimum Gasteiger partial charge on any atom is -0.368 e. The van der Waals surface area contributed by atoms with E-state index in [0.29, 0.717) is 12.0 Å². The Bertz CT molecular complexity index is 343. The summed E-state index contributed by atoms with van der Waals surface area (Å²) in [6.45, 7) is 7.85. The monoisotopic (exact) mass is 295 g/mol. The second-order valence-electron chi connectivity index (χ2n) is 6.92. The number of amides is 1. The summed E-state index contributed by atoms with van der Waals surface area (Å²) in [4.78, 5) is 14.6. The Morgan fingerprint density at radius 3 is 2.62 bits per heavy atom. The van der Waals surface area contributed by atoms with Crippen molar-refractivity contribution in [2.45, 2.75) is 76.8 Å². The predicted octanol–water partition coefficient (Wildman–Crippen LogP) is 2.27. The van der Waals surface area contributed by atoms with Crippen LogP contribution in [0.15, 0.2) is 0 Å². The maximum Gasteiger partial charge on any atom is 0.238 e. The van der Waals surface area contributed by atoms with Crippen molar-refractivity contribution in [1.29, 1.82) is 0 Å². The van der Waals surface area contributed by atoms with Crippen molar-refractivity contribution in [2.75, 3.05) is 19.6 Å². The molecule has 2 unspecified atom stereocenters. The summed E-state index contributed by atoms with van der Waals surface area (Å²) in [5.74, 6) is 0.305. The van der Waals surface area contributed by atoms with Crippen LogP contribution in [0.5, 0.6) is 0 Å². The molecular weight excluding hydrogens is 262 g/mol. The maximum atomic E-state index is 12.1. The lowest BCUT2D eigenvalue weighted by Crippen LogP contribution is -2.59. The third kappa shape index (κ3) is 4.19. The number of rotatable bonds is 10. The molecule has 0 aromatic carbocycles. The van der Waals surface area contributed by atoms with Crippen LogP contribution < -0.4 is 11.1 Å². The number of carbonyl (C=O) groups excluding carboxylic acids is 1. The summed E-state index contributed by atoms with van der Waals surface area (Å²) >= 11 is 0. The number of nitrogens with two attached hydrogens (primary N) is 1. The van der Waals surface area contributed by atoms with E-state index < -0.39 is 5.54 Å². The Morgan fingerprint density at radius 1 is 1.29 bits per heavy atom. The highest BCUT2D eigenvalue weighted by molar-refractivity contribution is 5.85. The molecule has 0 bridgehead atoms. The first-order valence-electron chi connectivity index (χ1n) is 8.92. The molecule has 2 saturated carbocycles. The fraction of sp³-hybridized carbons (Fsp3) is 0.941. The van der Waals surface area contributed by atoms with Gasteiger partial charge in [0, 0.05) is 6.04 Å². The Labute approximate surface area is 129 Å². The topological polar surface area (TPSA) is 58.4 Å². The van der Waals surface area contributed by atoms with Gasteiger partial charge in [-0.05, 0) is 64.1 Å². The van der Waals surface area contributed by atoms with Crippen molar-refractivity contribution in [3.05, 3.63) is 0 Å². The van der Waals surface area contributed by atoms with Crippen molar-refractivity contribution >= 4 is 5.91 Å². The molecule has 4 heteroatoms. The van der Waals surface area contributed by atoms with Crippen molar-refractivity contribution < 1.29 is 4.79 Å². The van der Waals surface area contributed by atoms with Gasteiger partial charge in [0.15, 0.2) is 0 Å². The fourth-order valence-electron chi connectivity index (χ4n) is 3.79. The molecule has 0 aromatic heterocycles. The largest absolute Gasteiger partial charge is 0.368 e. The molecule has 1 amide bonds. The highest BCUT2D eigenvalue weighted by Crippen LogP contribution is 2.40. The quantitative estimate of drug-likeness (QED) is 0.650. The first-order valence-corrected chi connectivity index (χ1v) is 8.92. The molecule has 4 nitrogen and oxygen atoms in total. The standard InChI is InChI=1S/C17H33N3O/c1-3-5-12-20(4-2)13-10-14-7-6-11-17(14,16(18)21)19-15-8-9-15/h14-15,19H,3-13H2,1-2H3,(H2,18,21). The minimum absolute atomic E-state index is 0.117. The van der Waals surface area contributed by atoms with Gasteiger partial charge in [0.1, 0.15) is 5.54 Å². The van der Waals surface area contributed by atoms with Crippen LogP contribution in [0.25, 0.3) is 0 Å². The second-order valence-corrected chi connectivity index (χ2v) is 6.92. The van der Waals surface area contributed by atoms with Gasteiger partial charge < -0.3 is 16.0 Å². The Hall–Kier alpha value is -0.610. The molecule has 0 saturated heterocycles. The summed E-state index contributed by atoms with van der Waals surface area (Å²) in [6, 6.07) is 0.542. The molecule has 2 fully saturated rings. The number of hydrogen-bond acceptors (Lipinski definition) is 3. The van der Waals surface area contributed by atoms with E-state index in [1.165, 1.54) is 32.2 Å². The first-order chi connectivity index (χ1) is 10.1. The smallest absolute Gasteiger partial charge is 0.238 e. The summed E-state index contributed by atoms with van der Waals surface area (Å²) < 4.78 is 0. The SMILES string of the molecule is CCCCN(CC)CCC1CCCC1(NC1CC1)C(N)=O. The van der Waals surface area contributed by atoms with Gasteiger partial charge in [0.25, 0.3) is 0 Å². The van der Waals surface area contributed by atoms with Gasteiger partial charge in [-0.15, -0.1) is 0 Å². The van der Waals surface area contributed by atoms with E-state index in [1.807, 2.05) is 0 Å². The summed E-state index contributed by atoms with van der Waals surface area (Å²) in [7, 11) is 0. The van der Waals surface area contributed by atoms with Crippen LogP contribution in [0, 0.1) is 5.92 Å². The molecule has 2 rings (SSSR count). The van der Waals surface area contributed by atoms with Gasteiger partial charge in [0.05, 0.1) is 0 Å². The molecular formula is C17H33N3O. The number of nitrogens with zero attached hydrogens (tertiary/aromatic N) is 1. The Balaban J connectivity index is 1.91. The molecule has 21 heavy (non-hydrogen) atoms. The van der Waals surface area contributed by atoms with E-state index in [2.05, 4.69) is 24.1 Å². The second kappa shape index (κ2) is 7.59. The third-order valence-corrected chi connectivity index (χ3v) is 5.37. The Kier molecular flexibility index (Phi) is 6.06. The lowest BCUT2D eigenvalue weighted by atomic mass is 9.83. The van der Waals surface area contributed by atoms with Crippen LogP contribution in [-0.2, 0) is 4.79 Å². The first kappa shape index (κ1) is 16.8. The molecule has 0 aromatic rings. The highest BCUT2D eigenvalue weighted by Gasteiger charge is 2.49. The fourth-order valence-corrected chi connectivity index (χ4v) is 3.79. The third-order valence-electron chi connectivity index (χ3n) is 5.37. The van der Waals surface area contributed by atoms with Crippen LogP contribution in [-0.4, -0.2) is 42.0 Å². The lowest BCUT2D eigenvalue weighted by Gasteiger charge is -2.35. The van der Waals surface area contributed by atoms with Gasteiger partial charge >= 0.3 is 0 Å². The van der Waals surface area contributed by atoms with Gasteiger partial charge in [-0.3, -0.25) is 4.79 Å². The minimum atomic E-state index is -0.411. The molecule has 2 atom stereocenters. The van der Waals surface area contributed by atoms with Crippen LogP contribution in [0.3, 0.4) is 0 Å². The van der Waals surface area contributed by atoms with Crippen molar-refractivity contribution in [3.63, 3.8) is 0 Å². The Morgan fingerprint density at radius 2 is 2.05 bits per heavy atom. The van der Waals surface area contributed by atoms with E-state index in [4.69, 9.17) is 5.73 Å². The number of hydrogen-bond donors (Lipinski definition) is 2. The van der Waals surface area contributed by atoms with E-state index in [0.717, 1.165) is 38.8 Å². The molecule has 0 heterocycles. The van der Waals surface area contributed by atoms with Crippen LogP contribution in [0.1, 0.15) is 65.2 Å². The highest BCUT2D eigenvalue weighted by atomic mass is 16.1. The number of nitrogens with one attached hydrogen (secondary N) is 1. The molecule has 122 valence electrons. The van der Waals surface area contributed by atoms with Gasteiger partial charge in [-0.1, -0.05) is 26.7 Å².